The Labute approximate surface area is 114 Å². The van der Waals surface area contributed by atoms with Gasteiger partial charge >= 0.3 is 0 Å². The zero-order valence-corrected chi connectivity index (χ0v) is 11.0. The molecule has 2 rings (SSSR count). The fourth-order valence-electron chi connectivity index (χ4n) is 1.62. The highest BCUT2D eigenvalue weighted by Gasteiger charge is 1.87. The molecule has 0 aliphatic carbocycles. The Morgan fingerprint density at radius 3 is 2.68 bits per heavy atom. The van der Waals surface area contributed by atoms with Crippen molar-refractivity contribution >= 4 is 0 Å². The van der Waals surface area contributed by atoms with Gasteiger partial charge in [0, 0.05) is 5.56 Å². The molecule has 0 bridgehead atoms. The molecule has 0 saturated carbocycles. The van der Waals surface area contributed by atoms with E-state index >= 15 is 0 Å². The maximum Gasteiger partial charge on any atom is 0.119 e. The van der Waals surface area contributed by atoms with Crippen LogP contribution in [0, 0.1) is 18.8 Å². The third kappa shape index (κ3) is 4.73. The van der Waals surface area contributed by atoms with Gasteiger partial charge in [0.2, 0.25) is 0 Å². The first-order valence-corrected chi connectivity index (χ1v) is 6.26. The zero-order valence-electron chi connectivity index (χ0n) is 11.0. The highest BCUT2D eigenvalue weighted by atomic mass is 16.5. The molecule has 2 aromatic rings. The largest absolute Gasteiger partial charge is 0.490 e. The molecular formula is C18H16O. The number of allylic oxidation sites excluding steroid dienone is 1. The second-order valence-corrected chi connectivity index (χ2v) is 4.17. The fraction of sp³-hybridized carbons (Fsp3) is 0.111. The summed E-state index contributed by atoms with van der Waals surface area (Å²) in [5.41, 5.74) is 2.26. The molecule has 0 radical (unpaired) electrons. The monoisotopic (exact) mass is 248 g/mol. The summed E-state index contributed by atoms with van der Waals surface area (Å²) in [5, 5.41) is 0. The number of ether oxygens (including phenoxy) is 1. The number of hydrogen-bond acceptors (Lipinski definition) is 1. The summed E-state index contributed by atoms with van der Waals surface area (Å²) in [4.78, 5) is 0. The standard InChI is InChI=1S/C18H16O/c1-16-9-8-11-17(15-16)10-4-3-7-14-19-18-12-5-2-6-13-18/h2-3,5-9,11-13,15H,14H2,1H3/b7-3+. The third-order valence-corrected chi connectivity index (χ3v) is 2.53. The van der Waals surface area contributed by atoms with E-state index in [1.807, 2.05) is 54.6 Å². The molecule has 2 aromatic carbocycles. The summed E-state index contributed by atoms with van der Waals surface area (Å²) in [7, 11) is 0. The van der Waals surface area contributed by atoms with Crippen molar-refractivity contribution in [3.63, 3.8) is 0 Å². The second kappa shape index (κ2) is 7.08. The minimum Gasteiger partial charge on any atom is -0.490 e. The molecule has 0 spiro atoms. The van der Waals surface area contributed by atoms with E-state index in [0.717, 1.165) is 11.3 Å². The number of aryl methyl sites for hydroxylation is 1. The lowest BCUT2D eigenvalue weighted by atomic mass is 10.1. The van der Waals surface area contributed by atoms with Crippen molar-refractivity contribution in [3.8, 4) is 17.6 Å². The topological polar surface area (TPSA) is 9.23 Å². The molecule has 0 atom stereocenters. The first-order chi connectivity index (χ1) is 9.34. The summed E-state index contributed by atoms with van der Waals surface area (Å²) in [6.45, 7) is 2.60. The lowest BCUT2D eigenvalue weighted by Crippen LogP contribution is -1.91. The molecule has 0 saturated heterocycles. The van der Waals surface area contributed by atoms with Crippen LogP contribution >= 0.6 is 0 Å². The third-order valence-electron chi connectivity index (χ3n) is 2.53. The predicted molar refractivity (Wildman–Crippen MR) is 79.1 cm³/mol. The highest BCUT2D eigenvalue weighted by molar-refractivity contribution is 5.38. The van der Waals surface area contributed by atoms with Gasteiger partial charge < -0.3 is 4.74 Å². The van der Waals surface area contributed by atoms with Crippen molar-refractivity contribution in [1.82, 2.24) is 0 Å². The van der Waals surface area contributed by atoms with Gasteiger partial charge in [-0.1, -0.05) is 42.2 Å². The van der Waals surface area contributed by atoms with Crippen LogP contribution in [0.25, 0.3) is 0 Å². The van der Waals surface area contributed by atoms with Gasteiger partial charge in [-0.15, -0.1) is 0 Å². The van der Waals surface area contributed by atoms with Crippen LogP contribution in [-0.4, -0.2) is 6.61 Å². The van der Waals surface area contributed by atoms with Crippen molar-refractivity contribution < 1.29 is 4.74 Å². The average Bonchev–Trinajstić information content (AvgIpc) is 2.44. The van der Waals surface area contributed by atoms with Gasteiger partial charge in [0.15, 0.2) is 0 Å². The molecular weight excluding hydrogens is 232 g/mol. The Kier molecular flexibility index (Phi) is 4.84. The molecule has 0 amide bonds. The summed E-state index contributed by atoms with van der Waals surface area (Å²) in [6, 6.07) is 17.9. The molecule has 0 unspecified atom stereocenters. The maximum atomic E-state index is 5.52. The Bertz CT molecular complexity index is 600. The van der Waals surface area contributed by atoms with Gasteiger partial charge in [-0.05, 0) is 48.9 Å². The molecule has 19 heavy (non-hydrogen) atoms. The number of hydrogen-bond donors (Lipinski definition) is 0. The first kappa shape index (κ1) is 13.0. The van der Waals surface area contributed by atoms with Crippen molar-refractivity contribution in [1.29, 1.82) is 0 Å². The molecule has 0 heterocycles. The summed E-state index contributed by atoms with van der Waals surface area (Å²) in [6.07, 6.45) is 3.74. The molecule has 0 aromatic heterocycles. The van der Waals surface area contributed by atoms with E-state index in [1.165, 1.54) is 5.56 Å². The van der Waals surface area contributed by atoms with Crippen LogP contribution in [0.4, 0.5) is 0 Å². The van der Waals surface area contributed by atoms with Gasteiger partial charge in [-0.2, -0.15) is 0 Å². The van der Waals surface area contributed by atoms with Crippen LogP contribution in [0.2, 0.25) is 0 Å². The Balaban J connectivity index is 1.81. The van der Waals surface area contributed by atoms with Crippen molar-refractivity contribution in [2.75, 3.05) is 6.61 Å². The van der Waals surface area contributed by atoms with E-state index in [9.17, 15) is 0 Å². The smallest absolute Gasteiger partial charge is 0.119 e. The fourth-order valence-corrected chi connectivity index (χ4v) is 1.62. The molecule has 0 fully saturated rings. The maximum absolute atomic E-state index is 5.52. The van der Waals surface area contributed by atoms with E-state index in [1.54, 1.807) is 0 Å². The Morgan fingerprint density at radius 1 is 1.05 bits per heavy atom. The van der Waals surface area contributed by atoms with Crippen LogP contribution in [0.3, 0.4) is 0 Å². The average molecular weight is 248 g/mol. The summed E-state index contributed by atoms with van der Waals surface area (Å²) in [5.74, 6) is 6.97. The molecule has 0 aliphatic rings. The van der Waals surface area contributed by atoms with E-state index < -0.39 is 0 Å². The lowest BCUT2D eigenvalue weighted by molar-refractivity contribution is 0.363. The lowest BCUT2D eigenvalue weighted by Gasteiger charge is -2.00. The first-order valence-electron chi connectivity index (χ1n) is 6.26. The molecule has 1 heteroatoms. The van der Waals surface area contributed by atoms with Crippen LogP contribution < -0.4 is 4.74 Å². The van der Waals surface area contributed by atoms with Gasteiger partial charge in [-0.25, -0.2) is 0 Å². The molecule has 0 aliphatic heterocycles. The quantitative estimate of drug-likeness (QED) is 0.746. The predicted octanol–water partition coefficient (Wildman–Crippen LogP) is 3.98. The summed E-state index contributed by atoms with van der Waals surface area (Å²) >= 11 is 0. The Morgan fingerprint density at radius 2 is 1.89 bits per heavy atom. The second-order valence-electron chi connectivity index (χ2n) is 4.17. The van der Waals surface area contributed by atoms with Gasteiger partial charge in [0.25, 0.3) is 0 Å². The van der Waals surface area contributed by atoms with E-state index in [0.29, 0.717) is 6.61 Å². The highest BCUT2D eigenvalue weighted by Crippen LogP contribution is 2.07. The van der Waals surface area contributed by atoms with Crippen molar-refractivity contribution in [2.45, 2.75) is 6.92 Å². The minimum atomic E-state index is 0.534. The number of rotatable bonds is 3. The van der Waals surface area contributed by atoms with Crippen LogP contribution in [0.5, 0.6) is 5.75 Å². The van der Waals surface area contributed by atoms with E-state index in [-0.39, 0.29) is 0 Å². The van der Waals surface area contributed by atoms with Crippen LogP contribution in [0.15, 0.2) is 66.7 Å². The summed E-state index contributed by atoms with van der Waals surface area (Å²) < 4.78 is 5.52. The van der Waals surface area contributed by atoms with Crippen molar-refractivity contribution in [2.24, 2.45) is 0 Å². The van der Waals surface area contributed by atoms with Crippen molar-refractivity contribution in [3.05, 3.63) is 77.9 Å². The van der Waals surface area contributed by atoms with Gasteiger partial charge in [0.05, 0.1) is 0 Å². The minimum absolute atomic E-state index is 0.534. The number of para-hydroxylation sites is 1. The Hall–Kier alpha value is -2.46. The zero-order chi connectivity index (χ0) is 13.3. The van der Waals surface area contributed by atoms with Crippen LogP contribution in [-0.2, 0) is 0 Å². The van der Waals surface area contributed by atoms with Gasteiger partial charge in [0.1, 0.15) is 12.4 Å². The number of benzene rings is 2. The van der Waals surface area contributed by atoms with E-state index in [2.05, 4.69) is 30.9 Å². The normalized spacial score (nSPS) is 9.95. The molecule has 94 valence electrons. The van der Waals surface area contributed by atoms with E-state index in [4.69, 9.17) is 4.74 Å². The SMILES string of the molecule is Cc1cccc(C#C/C=C/COc2ccccc2)c1. The van der Waals surface area contributed by atoms with Crippen LogP contribution in [0.1, 0.15) is 11.1 Å². The van der Waals surface area contributed by atoms with Gasteiger partial charge in [-0.3, -0.25) is 0 Å². The molecule has 1 nitrogen and oxygen atoms in total. The molecule has 0 N–H and O–H groups in total.